The van der Waals surface area contributed by atoms with E-state index in [0.717, 1.165) is 25.9 Å². The van der Waals surface area contributed by atoms with Crippen molar-refractivity contribution in [1.29, 1.82) is 0 Å². The number of carbonyl (C=O) groups is 2. The first-order valence-corrected chi connectivity index (χ1v) is 9.99. The fraction of sp³-hybridized carbons (Fsp3) is 0.286. The van der Waals surface area contributed by atoms with Gasteiger partial charge in [-0.15, -0.1) is 0 Å². The predicted octanol–water partition coefficient (Wildman–Crippen LogP) is 4.34. The van der Waals surface area contributed by atoms with Crippen LogP contribution in [0.4, 0.5) is 5.69 Å². The van der Waals surface area contributed by atoms with Crippen molar-refractivity contribution < 1.29 is 9.59 Å². The molecule has 2 aromatic carbocycles. The smallest absolute Gasteiger partial charge is 0.258 e. The molecule has 2 N–H and O–H groups in total. The van der Waals surface area contributed by atoms with Gasteiger partial charge in [0.2, 0.25) is 0 Å². The Hall–Kier alpha value is -2.44. The van der Waals surface area contributed by atoms with E-state index < -0.39 is 5.91 Å². The number of thiocarbonyl (C=S) groups is 1. The van der Waals surface area contributed by atoms with Crippen LogP contribution in [0.3, 0.4) is 0 Å². The van der Waals surface area contributed by atoms with Gasteiger partial charge in [0.15, 0.2) is 5.11 Å². The van der Waals surface area contributed by atoms with Gasteiger partial charge in [-0.3, -0.25) is 14.9 Å². The molecule has 1 aliphatic rings. The SMILES string of the molecule is CC1CCN(C(=O)c2cccc(NC(=S)NC(=O)c3ccccc3Cl)c2)CC1. The molecule has 146 valence electrons. The summed E-state index contributed by atoms with van der Waals surface area (Å²) >= 11 is 11.3. The lowest BCUT2D eigenvalue weighted by atomic mass is 9.98. The number of hydrogen-bond donors (Lipinski definition) is 2. The molecule has 0 radical (unpaired) electrons. The topological polar surface area (TPSA) is 61.4 Å². The molecule has 0 aromatic heterocycles. The molecular formula is C21H22ClN3O2S. The zero-order valence-electron chi connectivity index (χ0n) is 15.6. The van der Waals surface area contributed by atoms with Crippen LogP contribution >= 0.6 is 23.8 Å². The number of carbonyl (C=O) groups excluding carboxylic acids is 2. The summed E-state index contributed by atoms with van der Waals surface area (Å²) in [7, 11) is 0. The minimum Gasteiger partial charge on any atom is -0.339 e. The standard InChI is InChI=1S/C21H22ClN3O2S/c1-14-9-11-25(12-10-14)20(27)15-5-4-6-16(13-15)23-21(28)24-19(26)17-7-2-3-8-18(17)22/h2-8,13-14H,9-12H2,1H3,(H2,23,24,26,28). The van der Waals surface area contributed by atoms with E-state index in [9.17, 15) is 9.59 Å². The van der Waals surface area contributed by atoms with Crippen LogP contribution in [0.2, 0.25) is 5.02 Å². The second-order valence-corrected chi connectivity index (χ2v) is 7.76. The average molecular weight is 416 g/mol. The minimum absolute atomic E-state index is 0.0153. The van der Waals surface area contributed by atoms with Gasteiger partial charge >= 0.3 is 0 Å². The molecule has 0 aliphatic carbocycles. The average Bonchev–Trinajstić information content (AvgIpc) is 2.68. The molecule has 1 saturated heterocycles. The van der Waals surface area contributed by atoms with Gasteiger partial charge in [0.05, 0.1) is 10.6 Å². The molecule has 7 heteroatoms. The summed E-state index contributed by atoms with van der Waals surface area (Å²) in [5.41, 5.74) is 1.58. The highest BCUT2D eigenvalue weighted by Gasteiger charge is 2.21. The third-order valence-corrected chi connectivity index (χ3v) is 5.32. The predicted molar refractivity (Wildman–Crippen MR) is 116 cm³/mol. The normalized spacial score (nSPS) is 14.4. The van der Waals surface area contributed by atoms with Crippen LogP contribution in [-0.2, 0) is 0 Å². The van der Waals surface area contributed by atoms with E-state index in [0.29, 0.717) is 27.8 Å². The van der Waals surface area contributed by atoms with E-state index in [1.807, 2.05) is 4.90 Å². The van der Waals surface area contributed by atoms with Crippen LogP contribution < -0.4 is 10.6 Å². The van der Waals surface area contributed by atoms with E-state index >= 15 is 0 Å². The molecule has 2 aromatic rings. The van der Waals surface area contributed by atoms with Crippen LogP contribution in [0.5, 0.6) is 0 Å². The first kappa shape index (κ1) is 20.3. The van der Waals surface area contributed by atoms with Crippen molar-refractivity contribution in [3.63, 3.8) is 0 Å². The molecule has 1 fully saturated rings. The van der Waals surface area contributed by atoms with Gasteiger partial charge < -0.3 is 10.2 Å². The molecule has 5 nitrogen and oxygen atoms in total. The Kier molecular flexibility index (Phi) is 6.65. The van der Waals surface area contributed by atoms with Crippen LogP contribution in [-0.4, -0.2) is 34.9 Å². The summed E-state index contributed by atoms with van der Waals surface area (Å²) in [5, 5.41) is 6.05. The number of rotatable bonds is 3. The number of anilines is 1. The summed E-state index contributed by atoms with van der Waals surface area (Å²) in [6.45, 7) is 3.78. The van der Waals surface area contributed by atoms with Crippen LogP contribution in [0.15, 0.2) is 48.5 Å². The maximum Gasteiger partial charge on any atom is 0.258 e. The van der Waals surface area contributed by atoms with Crippen molar-refractivity contribution in [2.75, 3.05) is 18.4 Å². The van der Waals surface area contributed by atoms with Gasteiger partial charge in [-0.25, -0.2) is 0 Å². The molecule has 28 heavy (non-hydrogen) atoms. The Balaban J connectivity index is 1.62. The molecule has 3 rings (SSSR count). The second-order valence-electron chi connectivity index (χ2n) is 6.94. The van der Waals surface area contributed by atoms with Gasteiger partial charge in [0.1, 0.15) is 0 Å². The first-order valence-electron chi connectivity index (χ1n) is 9.20. The summed E-state index contributed by atoms with van der Waals surface area (Å²) in [5.74, 6) is 0.287. The highest BCUT2D eigenvalue weighted by Crippen LogP contribution is 2.20. The monoisotopic (exact) mass is 415 g/mol. The third-order valence-electron chi connectivity index (χ3n) is 4.78. The quantitative estimate of drug-likeness (QED) is 0.732. The Morgan fingerprint density at radius 2 is 1.82 bits per heavy atom. The molecule has 0 atom stereocenters. The summed E-state index contributed by atoms with van der Waals surface area (Å²) in [6.07, 6.45) is 2.06. The molecule has 0 unspecified atom stereocenters. The molecule has 2 amide bonds. The number of likely N-dealkylation sites (tertiary alicyclic amines) is 1. The van der Waals surface area contributed by atoms with Crippen LogP contribution in [0.1, 0.15) is 40.5 Å². The number of nitrogens with zero attached hydrogens (tertiary/aromatic N) is 1. The van der Waals surface area contributed by atoms with Crippen LogP contribution in [0, 0.1) is 5.92 Å². The first-order chi connectivity index (χ1) is 13.4. The Labute approximate surface area is 175 Å². The maximum atomic E-state index is 12.7. The lowest BCUT2D eigenvalue weighted by molar-refractivity contribution is 0.0697. The summed E-state index contributed by atoms with van der Waals surface area (Å²) in [6, 6.07) is 13.9. The fourth-order valence-electron chi connectivity index (χ4n) is 3.10. The Bertz CT molecular complexity index is 895. The van der Waals surface area contributed by atoms with Crippen molar-refractivity contribution in [1.82, 2.24) is 10.2 Å². The molecular weight excluding hydrogens is 394 g/mol. The van der Waals surface area contributed by atoms with Crippen molar-refractivity contribution in [3.05, 3.63) is 64.7 Å². The van der Waals surface area contributed by atoms with Crippen molar-refractivity contribution in [3.8, 4) is 0 Å². The zero-order valence-corrected chi connectivity index (χ0v) is 17.1. The molecule has 0 bridgehead atoms. The van der Waals surface area contributed by atoms with Crippen molar-refractivity contribution in [2.24, 2.45) is 5.92 Å². The zero-order chi connectivity index (χ0) is 20.1. The molecule has 1 aliphatic heterocycles. The lowest BCUT2D eigenvalue weighted by Crippen LogP contribution is -2.38. The van der Waals surface area contributed by atoms with Crippen molar-refractivity contribution in [2.45, 2.75) is 19.8 Å². The summed E-state index contributed by atoms with van der Waals surface area (Å²) < 4.78 is 0. The van der Waals surface area contributed by atoms with E-state index in [2.05, 4.69) is 17.6 Å². The number of piperidine rings is 1. The minimum atomic E-state index is -0.391. The fourth-order valence-corrected chi connectivity index (χ4v) is 3.53. The van der Waals surface area contributed by atoms with E-state index in [1.54, 1.807) is 48.5 Å². The number of benzene rings is 2. The number of hydrogen-bond acceptors (Lipinski definition) is 3. The van der Waals surface area contributed by atoms with E-state index in [4.69, 9.17) is 23.8 Å². The molecule has 1 heterocycles. The summed E-state index contributed by atoms with van der Waals surface area (Å²) in [4.78, 5) is 26.9. The van der Waals surface area contributed by atoms with Crippen molar-refractivity contribution >= 4 is 46.4 Å². The number of amides is 2. The number of nitrogens with one attached hydrogen (secondary N) is 2. The maximum absolute atomic E-state index is 12.7. The van der Waals surface area contributed by atoms with Gasteiger partial charge in [-0.1, -0.05) is 36.7 Å². The molecule has 0 saturated carbocycles. The largest absolute Gasteiger partial charge is 0.339 e. The van der Waals surface area contributed by atoms with Gasteiger partial charge in [-0.05, 0) is 61.3 Å². The van der Waals surface area contributed by atoms with E-state index in [1.165, 1.54) is 0 Å². The van der Waals surface area contributed by atoms with Gasteiger partial charge in [0.25, 0.3) is 11.8 Å². The highest BCUT2D eigenvalue weighted by molar-refractivity contribution is 7.80. The van der Waals surface area contributed by atoms with E-state index in [-0.39, 0.29) is 11.0 Å². The second kappa shape index (κ2) is 9.17. The highest BCUT2D eigenvalue weighted by atomic mass is 35.5. The Morgan fingerprint density at radius 3 is 2.54 bits per heavy atom. The van der Waals surface area contributed by atoms with Gasteiger partial charge in [-0.2, -0.15) is 0 Å². The molecule has 0 spiro atoms. The Morgan fingerprint density at radius 1 is 1.11 bits per heavy atom. The van der Waals surface area contributed by atoms with Gasteiger partial charge in [0, 0.05) is 24.3 Å². The van der Waals surface area contributed by atoms with Crippen LogP contribution in [0.25, 0.3) is 0 Å². The lowest BCUT2D eigenvalue weighted by Gasteiger charge is -2.30. The third kappa shape index (κ3) is 5.09. The number of halogens is 1.